The van der Waals surface area contributed by atoms with Gasteiger partial charge in [-0.05, 0) is 63.4 Å². The third kappa shape index (κ3) is 6.69. The predicted octanol–water partition coefficient (Wildman–Crippen LogP) is 4.56. The van der Waals surface area contributed by atoms with Crippen molar-refractivity contribution >= 4 is 17.9 Å². The summed E-state index contributed by atoms with van der Waals surface area (Å²) in [6.07, 6.45) is 0.575. The lowest BCUT2D eigenvalue weighted by Crippen LogP contribution is -2.46. The number of carbonyl (C=O) groups excluding carboxylic acids is 2. The van der Waals surface area contributed by atoms with Gasteiger partial charge in [0.1, 0.15) is 23.2 Å². The van der Waals surface area contributed by atoms with Crippen molar-refractivity contribution in [1.82, 2.24) is 15.3 Å². The van der Waals surface area contributed by atoms with Crippen LogP contribution in [0.25, 0.3) is 22.4 Å². The number of nitrogens with two attached hydrogens (primary N) is 1. The van der Waals surface area contributed by atoms with Gasteiger partial charge in [0.2, 0.25) is 5.95 Å². The number of carbonyl (C=O) groups is 2. The van der Waals surface area contributed by atoms with Crippen LogP contribution in [0, 0.1) is 23.0 Å². The molecule has 1 aliphatic rings. The van der Waals surface area contributed by atoms with Crippen LogP contribution in [-0.2, 0) is 4.74 Å². The van der Waals surface area contributed by atoms with Gasteiger partial charge in [-0.3, -0.25) is 4.79 Å². The van der Waals surface area contributed by atoms with Gasteiger partial charge in [-0.2, -0.15) is 5.26 Å². The standard InChI is InChI=1S/C29H30F2N6O4/c1-29(2,3)41-28(39)34-19-9-11-37(12-10-19)27-35-24(17-5-6-18(15-32)20(30)14-17)23(25(36-27)26(33)38)16-7-8-22(40-4)21(31)13-16/h5-8,13-14,19H,9-12H2,1-4H3,(H2,33,38)(H,34,39). The van der Waals surface area contributed by atoms with Crippen LogP contribution in [-0.4, -0.2) is 53.8 Å². The zero-order valence-electron chi connectivity index (χ0n) is 23.1. The summed E-state index contributed by atoms with van der Waals surface area (Å²) < 4.78 is 39.8. The minimum Gasteiger partial charge on any atom is -0.494 e. The van der Waals surface area contributed by atoms with E-state index in [0.717, 1.165) is 12.1 Å². The van der Waals surface area contributed by atoms with E-state index >= 15 is 0 Å². The van der Waals surface area contributed by atoms with Gasteiger partial charge in [0, 0.05) is 30.3 Å². The molecule has 0 spiro atoms. The maximum absolute atomic E-state index is 14.7. The molecule has 1 aromatic heterocycles. The van der Waals surface area contributed by atoms with E-state index in [1.165, 1.54) is 31.4 Å². The van der Waals surface area contributed by atoms with Crippen molar-refractivity contribution in [3.63, 3.8) is 0 Å². The first-order chi connectivity index (χ1) is 19.4. The number of methoxy groups -OCH3 is 1. The highest BCUT2D eigenvalue weighted by molar-refractivity contribution is 6.02. The molecule has 2 heterocycles. The van der Waals surface area contributed by atoms with Crippen LogP contribution in [0.4, 0.5) is 19.5 Å². The Labute approximate surface area is 236 Å². The Morgan fingerprint density at radius 3 is 2.29 bits per heavy atom. The second kappa shape index (κ2) is 11.8. The molecule has 3 aromatic rings. The normalized spacial score (nSPS) is 13.8. The number of piperidine rings is 1. The number of benzene rings is 2. The molecule has 10 nitrogen and oxygen atoms in total. The molecule has 12 heteroatoms. The van der Waals surface area contributed by atoms with E-state index in [0.29, 0.717) is 25.9 Å². The molecule has 0 radical (unpaired) electrons. The van der Waals surface area contributed by atoms with E-state index in [1.54, 1.807) is 26.8 Å². The van der Waals surface area contributed by atoms with E-state index in [9.17, 15) is 23.6 Å². The largest absolute Gasteiger partial charge is 0.494 e. The molecule has 0 bridgehead atoms. The van der Waals surface area contributed by atoms with Crippen molar-refractivity contribution in [3.05, 3.63) is 59.3 Å². The number of hydrogen-bond acceptors (Lipinski definition) is 8. The lowest BCUT2D eigenvalue weighted by molar-refractivity contribution is 0.0497. The highest BCUT2D eigenvalue weighted by Crippen LogP contribution is 2.37. The number of nitriles is 1. The first-order valence-electron chi connectivity index (χ1n) is 12.9. The summed E-state index contributed by atoms with van der Waals surface area (Å²) in [5.41, 5.74) is 5.46. The molecule has 0 saturated carbocycles. The Kier molecular flexibility index (Phi) is 8.37. The van der Waals surface area contributed by atoms with E-state index in [1.807, 2.05) is 4.90 Å². The summed E-state index contributed by atoms with van der Waals surface area (Å²) in [5, 5.41) is 12.0. The summed E-state index contributed by atoms with van der Waals surface area (Å²) in [5.74, 6) is -2.22. The summed E-state index contributed by atoms with van der Waals surface area (Å²) >= 11 is 0. The van der Waals surface area contributed by atoms with Gasteiger partial charge in [0.05, 0.1) is 18.4 Å². The van der Waals surface area contributed by atoms with Crippen molar-refractivity contribution in [3.8, 4) is 34.2 Å². The second-order valence-corrected chi connectivity index (χ2v) is 10.5. The number of hydrogen-bond donors (Lipinski definition) is 2. The quantitative estimate of drug-likeness (QED) is 0.444. The number of rotatable bonds is 6. The Balaban J connectivity index is 1.76. The lowest BCUT2D eigenvalue weighted by atomic mass is 9.96. The van der Waals surface area contributed by atoms with Gasteiger partial charge in [0.25, 0.3) is 5.91 Å². The van der Waals surface area contributed by atoms with Gasteiger partial charge in [0.15, 0.2) is 11.6 Å². The number of primary amides is 1. The lowest BCUT2D eigenvalue weighted by Gasteiger charge is -2.33. The molecule has 0 unspecified atom stereocenters. The highest BCUT2D eigenvalue weighted by atomic mass is 19.1. The van der Waals surface area contributed by atoms with Gasteiger partial charge in [-0.1, -0.05) is 12.1 Å². The van der Waals surface area contributed by atoms with Crippen molar-refractivity contribution in [2.75, 3.05) is 25.1 Å². The zero-order chi connectivity index (χ0) is 29.9. The molecule has 3 N–H and O–H groups in total. The van der Waals surface area contributed by atoms with Crippen LogP contribution < -0.4 is 20.7 Å². The van der Waals surface area contributed by atoms with Crippen LogP contribution >= 0.6 is 0 Å². The molecule has 2 amide bonds. The van der Waals surface area contributed by atoms with Gasteiger partial charge >= 0.3 is 6.09 Å². The third-order valence-corrected chi connectivity index (χ3v) is 6.43. The maximum Gasteiger partial charge on any atom is 0.407 e. The number of ether oxygens (including phenoxy) is 2. The fourth-order valence-electron chi connectivity index (χ4n) is 4.52. The maximum atomic E-state index is 14.7. The van der Waals surface area contributed by atoms with Crippen LogP contribution in [0.1, 0.15) is 49.7 Å². The van der Waals surface area contributed by atoms with Gasteiger partial charge in [-0.15, -0.1) is 0 Å². The summed E-state index contributed by atoms with van der Waals surface area (Å²) in [6.45, 7) is 6.20. The Hall–Kier alpha value is -4.79. The SMILES string of the molecule is COc1ccc(-c2c(C(N)=O)nc(N3CCC(NC(=O)OC(C)(C)C)CC3)nc2-c2ccc(C#N)c(F)c2)cc1F. The molecule has 0 atom stereocenters. The Bertz CT molecular complexity index is 1520. The average Bonchev–Trinajstić information content (AvgIpc) is 2.91. The Morgan fingerprint density at radius 2 is 1.73 bits per heavy atom. The van der Waals surface area contributed by atoms with Crippen LogP contribution in [0.5, 0.6) is 5.75 Å². The number of nitrogens with zero attached hydrogens (tertiary/aromatic N) is 4. The topological polar surface area (TPSA) is 143 Å². The van der Waals surface area contributed by atoms with Crippen LogP contribution in [0.15, 0.2) is 36.4 Å². The molecule has 41 heavy (non-hydrogen) atoms. The predicted molar refractivity (Wildman–Crippen MR) is 147 cm³/mol. The number of aromatic nitrogens is 2. The van der Waals surface area contributed by atoms with Crippen molar-refractivity contribution in [1.29, 1.82) is 5.26 Å². The van der Waals surface area contributed by atoms with E-state index in [2.05, 4.69) is 15.3 Å². The minimum absolute atomic E-state index is 0.0132. The summed E-state index contributed by atoms with van der Waals surface area (Å²) in [6, 6.07) is 9.58. The van der Waals surface area contributed by atoms with Gasteiger partial charge in [-0.25, -0.2) is 23.5 Å². The van der Waals surface area contributed by atoms with Crippen molar-refractivity contribution in [2.45, 2.75) is 45.3 Å². The molecule has 214 valence electrons. The average molecular weight is 565 g/mol. The van der Waals surface area contributed by atoms with Crippen LogP contribution in [0.2, 0.25) is 0 Å². The number of halogens is 2. The molecule has 1 saturated heterocycles. The second-order valence-electron chi connectivity index (χ2n) is 10.5. The number of alkyl carbamates (subject to hydrolysis) is 1. The first-order valence-corrected chi connectivity index (χ1v) is 12.9. The zero-order valence-corrected chi connectivity index (χ0v) is 23.1. The molecule has 1 fully saturated rings. The fourth-order valence-corrected chi connectivity index (χ4v) is 4.52. The molecular formula is C29H30F2N6O4. The molecule has 1 aliphatic heterocycles. The monoisotopic (exact) mass is 564 g/mol. The number of anilines is 1. The highest BCUT2D eigenvalue weighted by Gasteiger charge is 2.28. The van der Waals surface area contributed by atoms with Crippen molar-refractivity contribution < 1.29 is 27.8 Å². The smallest absolute Gasteiger partial charge is 0.407 e. The minimum atomic E-state index is -0.892. The molecule has 2 aromatic carbocycles. The fraction of sp³-hybridized carbons (Fsp3) is 0.345. The van der Waals surface area contributed by atoms with E-state index < -0.39 is 29.2 Å². The number of amides is 2. The van der Waals surface area contributed by atoms with Gasteiger partial charge < -0.3 is 25.4 Å². The molecule has 4 rings (SSSR count). The van der Waals surface area contributed by atoms with E-state index in [-0.39, 0.29) is 51.4 Å². The number of nitrogens with one attached hydrogen (secondary N) is 1. The molecular weight excluding hydrogens is 534 g/mol. The van der Waals surface area contributed by atoms with Crippen LogP contribution in [0.3, 0.4) is 0 Å². The third-order valence-electron chi connectivity index (χ3n) is 6.43. The summed E-state index contributed by atoms with van der Waals surface area (Å²) in [4.78, 5) is 35.8. The van der Waals surface area contributed by atoms with E-state index in [4.69, 9.17) is 15.2 Å². The van der Waals surface area contributed by atoms with Crippen molar-refractivity contribution in [2.24, 2.45) is 5.73 Å². The molecule has 0 aliphatic carbocycles. The first kappa shape index (κ1) is 29.2. The summed E-state index contributed by atoms with van der Waals surface area (Å²) in [7, 11) is 1.32. The Morgan fingerprint density at radius 1 is 1.07 bits per heavy atom.